The number of carbonyl (C=O) groups excluding carboxylic acids is 2. The number of amides is 1. The van der Waals surface area contributed by atoms with E-state index < -0.39 is 12.1 Å². The van der Waals surface area contributed by atoms with Crippen molar-refractivity contribution in [3.8, 4) is 11.5 Å². The molecule has 1 unspecified atom stereocenters. The molecule has 22 heavy (non-hydrogen) atoms. The lowest BCUT2D eigenvalue weighted by molar-refractivity contribution is -0.154. The molecule has 1 aromatic rings. The van der Waals surface area contributed by atoms with E-state index in [1.165, 1.54) is 7.11 Å². The van der Waals surface area contributed by atoms with Crippen LogP contribution in [0.2, 0.25) is 0 Å². The van der Waals surface area contributed by atoms with Crippen LogP contribution < -0.4 is 14.8 Å². The van der Waals surface area contributed by atoms with Gasteiger partial charge in [-0.25, -0.2) is 0 Å². The van der Waals surface area contributed by atoms with Crippen molar-refractivity contribution in [1.29, 1.82) is 0 Å². The van der Waals surface area contributed by atoms with E-state index in [-0.39, 0.29) is 18.4 Å². The molecule has 1 aromatic carbocycles. The molecule has 1 aliphatic rings. The molecule has 0 spiro atoms. The van der Waals surface area contributed by atoms with Gasteiger partial charge >= 0.3 is 5.97 Å². The summed E-state index contributed by atoms with van der Waals surface area (Å²) in [5.74, 6) is 0.469. The van der Waals surface area contributed by atoms with Gasteiger partial charge in [-0.05, 0) is 25.8 Å². The molecular formula is C16H21NO5. The molecule has 2 rings (SSSR count). The minimum atomic E-state index is -0.794. The molecule has 0 saturated heterocycles. The van der Waals surface area contributed by atoms with Crippen LogP contribution in [0.15, 0.2) is 18.2 Å². The van der Waals surface area contributed by atoms with Crippen molar-refractivity contribution < 1.29 is 23.8 Å². The first-order chi connectivity index (χ1) is 10.5. The van der Waals surface area contributed by atoms with Gasteiger partial charge in [0.1, 0.15) is 11.5 Å². The van der Waals surface area contributed by atoms with Gasteiger partial charge in [0.25, 0.3) is 5.91 Å². The lowest BCUT2D eigenvalue weighted by Gasteiger charge is -2.14. The summed E-state index contributed by atoms with van der Waals surface area (Å²) in [6.07, 6.45) is 1.23. The highest BCUT2D eigenvalue weighted by molar-refractivity contribution is 5.84. The molecule has 120 valence electrons. The second-order valence-electron chi connectivity index (χ2n) is 5.27. The summed E-state index contributed by atoms with van der Waals surface area (Å²) >= 11 is 0. The summed E-state index contributed by atoms with van der Waals surface area (Å²) in [5.41, 5.74) is 0.683. The average Bonchev–Trinajstić information content (AvgIpc) is 3.31. The molecular weight excluding hydrogens is 286 g/mol. The van der Waals surface area contributed by atoms with Crippen LogP contribution in [0.25, 0.3) is 0 Å². The summed E-state index contributed by atoms with van der Waals surface area (Å²) in [6, 6.07) is 5.43. The van der Waals surface area contributed by atoms with E-state index >= 15 is 0 Å². The molecule has 0 bridgehead atoms. The highest BCUT2D eigenvalue weighted by Gasteiger charge is 2.27. The molecule has 1 atom stereocenters. The number of rotatable bonds is 7. The maximum absolute atomic E-state index is 12.0. The molecule has 6 heteroatoms. The Labute approximate surface area is 129 Å². The van der Waals surface area contributed by atoms with Gasteiger partial charge in [0, 0.05) is 17.7 Å². The van der Waals surface area contributed by atoms with Crippen LogP contribution in [0.4, 0.5) is 0 Å². The van der Waals surface area contributed by atoms with Crippen LogP contribution in [0.1, 0.15) is 25.3 Å². The zero-order chi connectivity index (χ0) is 16.1. The van der Waals surface area contributed by atoms with Crippen molar-refractivity contribution in [2.75, 3.05) is 14.2 Å². The van der Waals surface area contributed by atoms with Crippen LogP contribution in [-0.2, 0) is 20.7 Å². The molecule has 0 aromatic heterocycles. The fourth-order valence-electron chi connectivity index (χ4n) is 1.99. The number of carbonyl (C=O) groups is 2. The third kappa shape index (κ3) is 4.38. The van der Waals surface area contributed by atoms with E-state index in [2.05, 4.69) is 5.32 Å². The fraction of sp³-hybridized carbons (Fsp3) is 0.500. The molecule has 1 N–H and O–H groups in total. The highest BCUT2D eigenvalue weighted by atomic mass is 16.5. The molecule has 6 nitrogen and oxygen atoms in total. The molecule has 1 aliphatic carbocycles. The van der Waals surface area contributed by atoms with Crippen molar-refractivity contribution in [1.82, 2.24) is 5.32 Å². The topological polar surface area (TPSA) is 73.9 Å². The Morgan fingerprint density at radius 2 is 2.00 bits per heavy atom. The normalized spacial score (nSPS) is 14.9. The largest absolute Gasteiger partial charge is 0.497 e. The number of methoxy groups -OCH3 is 2. The number of hydrogen-bond acceptors (Lipinski definition) is 5. The Balaban J connectivity index is 1.91. The van der Waals surface area contributed by atoms with Crippen molar-refractivity contribution in [2.45, 2.75) is 38.3 Å². The Morgan fingerprint density at radius 1 is 1.27 bits per heavy atom. The fourth-order valence-corrected chi connectivity index (χ4v) is 1.99. The lowest BCUT2D eigenvalue weighted by Crippen LogP contribution is -2.37. The summed E-state index contributed by atoms with van der Waals surface area (Å²) in [5, 5.41) is 2.80. The molecule has 1 amide bonds. The predicted molar refractivity (Wildman–Crippen MR) is 80.0 cm³/mol. The number of ether oxygens (including phenoxy) is 3. The van der Waals surface area contributed by atoms with Crippen molar-refractivity contribution >= 4 is 11.9 Å². The Hall–Kier alpha value is -2.24. The van der Waals surface area contributed by atoms with E-state index in [0.29, 0.717) is 17.1 Å². The molecule has 0 radical (unpaired) electrons. The van der Waals surface area contributed by atoms with Gasteiger partial charge in [-0.3, -0.25) is 9.59 Å². The Morgan fingerprint density at radius 3 is 2.59 bits per heavy atom. The molecule has 0 aliphatic heterocycles. The smallest absolute Gasteiger partial charge is 0.311 e. The number of esters is 1. The SMILES string of the molecule is COc1ccc(CC(=O)OC(C)C(=O)NC2CC2)c(OC)c1. The maximum Gasteiger partial charge on any atom is 0.311 e. The zero-order valence-corrected chi connectivity index (χ0v) is 13.0. The van der Waals surface area contributed by atoms with Gasteiger partial charge in [-0.1, -0.05) is 6.07 Å². The maximum atomic E-state index is 12.0. The molecule has 1 saturated carbocycles. The standard InChI is InChI=1S/C16H21NO5/c1-10(16(19)17-12-5-6-12)22-15(18)8-11-4-7-13(20-2)9-14(11)21-3/h4,7,9-10,12H,5-6,8H2,1-3H3,(H,17,19). The van der Waals surface area contributed by atoms with Gasteiger partial charge in [0.2, 0.25) is 0 Å². The van der Waals surface area contributed by atoms with E-state index in [0.717, 1.165) is 12.8 Å². The summed E-state index contributed by atoms with van der Waals surface area (Å²) in [6.45, 7) is 1.57. The van der Waals surface area contributed by atoms with Crippen LogP contribution in [-0.4, -0.2) is 38.2 Å². The third-order valence-electron chi connectivity index (χ3n) is 3.43. The summed E-state index contributed by atoms with van der Waals surface area (Å²) in [4.78, 5) is 23.7. The summed E-state index contributed by atoms with van der Waals surface area (Å²) < 4.78 is 15.5. The van der Waals surface area contributed by atoms with Crippen LogP contribution in [0, 0.1) is 0 Å². The first-order valence-corrected chi connectivity index (χ1v) is 7.24. The van der Waals surface area contributed by atoms with Gasteiger partial charge in [-0.15, -0.1) is 0 Å². The van der Waals surface area contributed by atoms with E-state index in [1.807, 2.05) is 0 Å². The lowest BCUT2D eigenvalue weighted by atomic mass is 10.1. The van der Waals surface area contributed by atoms with Crippen LogP contribution in [0.3, 0.4) is 0 Å². The highest BCUT2D eigenvalue weighted by Crippen LogP contribution is 2.25. The predicted octanol–water partition coefficient (Wildman–Crippen LogP) is 1.46. The second-order valence-corrected chi connectivity index (χ2v) is 5.27. The quantitative estimate of drug-likeness (QED) is 0.772. The van der Waals surface area contributed by atoms with Crippen molar-refractivity contribution in [2.24, 2.45) is 0 Å². The van der Waals surface area contributed by atoms with Crippen molar-refractivity contribution in [3.05, 3.63) is 23.8 Å². The van der Waals surface area contributed by atoms with E-state index in [4.69, 9.17) is 14.2 Å². The third-order valence-corrected chi connectivity index (χ3v) is 3.43. The van der Waals surface area contributed by atoms with Gasteiger partial charge < -0.3 is 19.5 Å². The second kappa shape index (κ2) is 7.15. The Kier molecular flexibility index (Phi) is 5.25. The van der Waals surface area contributed by atoms with Gasteiger partial charge in [0.05, 0.1) is 20.6 Å². The minimum absolute atomic E-state index is 0.0359. The van der Waals surface area contributed by atoms with Crippen LogP contribution >= 0.6 is 0 Å². The van der Waals surface area contributed by atoms with Gasteiger partial charge in [0.15, 0.2) is 6.10 Å². The number of benzene rings is 1. The zero-order valence-electron chi connectivity index (χ0n) is 13.0. The minimum Gasteiger partial charge on any atom is -0.497 e. The number of hydrogen-bond donors (Lipinski definition) is 1. The monoisotopic (exact) mass is 307 g/mol. The van der Waals surface area contributed by atoms with Crippen LogP contribution in [0.5, 0.6) is 11.5 Å². The van der Waals surface area contributed by atoms with E-state index in [9.17, 15) is 9.59 Å². The summed E-state index contributed by atoms with van der Waals surface area (Å²) in [7, 11) is 3.08. The Bertz CT molecular complexity index is 553. The molecule has 0 heterocycles. The van der Waals surface area contributed by atoms with Gasteiger partial charge in [-0.2, -0.15) is 0 Å². The van der Waals surface area contributed by atoms with Crippen molar-refractivity contribution in [3.63, 3.8) is 0 Å². The first-order valence-electron chi connectivity index (χ1n) is 7.24. The molecule has 1 fully saturated rings. The average molecular weight is 307 g/mol. The van der Waals surface area contributed by atoms with E-state index in [1.54, 1.807) is 32.2 Å². The first kappa shape index (κ1) is 16.1. The number of nitrogens with one attached hydrogen (secondary N) is 1.